The van der Waals surface area contributed by atoms with Crippen LogP contribution in [0.3, 0.4) is 0 Å². The highest BCUT2D eigenvalue weighted by Gasteiger charge is 2.35. The molecule has 0 saturated carbocycles. The molecule has 3 N–H and O–H groups in total. The van der Waals surface area contributed by atoms with E-state index in [2.05, 4.69) is 16.0 Å². The largest absolute Gasteiger partial charge is 0.339 e. The molecule has 0 aliphatic rings. The van der Waals surface area contributed by atoms with Crippen molar-refractivity contribution in [1.82, 2.24) is 10.6 Å². The molecule has 0 saturated heterocycles. The Bertz CT molecular complexity index is 984. The zero-order chi connectivity index (χ0) is 22.5. The van der Waals surface area contributed by atoms with E-state index in [1.54, 1.807) is 0 Å². The fraction of sp³-hybridized carbons (Fsp3) is 0.125. The van der Waals surface area contributed by atoms with Gasteiger partial charge in [0.2, 0.25) is 3.79 Å². The molecule has 2 aromatic rings. The predicted molar refractivity (Wildman–Crippen MR) is 117 cm³/mol. The van der Waals surface area contributed by atoms with E-state index in [-0.39, 0.29) is 22.1 Å². The number of amides is 1. The molecule has 14 heteroatoms. The third-order valence-corrected chi connectivity index (χ3v) is 4.41. The summed E-state index contributed by atoms with van der Waals surface area (Å²) < 4.78 is -2.04. The lowest BCUT2D eigenvalue weighted by Gasteiger charge is -2.27. The monoisotopic (exact) mass is 491 g/mol. The summed E-state index contributed by atoms with van der Waals surface area (Å²) in [5, 5.41) is 29.2. The average molecular weight is 493 g/mol. The number of benzene rings is 2. The lowest BCUT2D eigenvalue weighted by Crippen LogP contribution is -2.56. The van der Waals surface area contributed by atoms with Crippen LogP contribution in [0.15, 0.2) is 48.5 Å². The molecule has 1 atom stereocenters. The van der Waals surface area contributed by atoms with Crippen molar-refractivity contribution in [3.05, 3.63) is 74.3 Å². The van der Waals surface area contributed by atoms with Gasteiger partial charge in [0, 0.05) is 35.5 Å². The summed E-state index contributed by atoms with van der Waals surface area (Å²) in [4.78, 5) is 32.8. The third-order valence-electron chi connectivity index (χ3n) is 3.53. The number of nitrogens with one attached hydrogen (secondary N) is 3. The Hall–Kier alpha value is -2.73. The number of carbonyl (C=O) groups excluding carboxylic acids is 1. The molecular formula is C16H12Cl3N5O5S. The highest BCUT2D eigenvalue weighted by molar-refractivity contribution is 7.80. The van der Waals surface area contributed by atoms with E-state index in [9.17, 15) is 25.0 Å². The molecule has 2 aromatic carbocycles. The first-order valence-electron chi connectivity index (χ1n) is 7.91. The molecule has 0 spiro atoms. The fourth-order valence-electron chi connectivity index (χ4n) is 2.14. The number of halogens is 3. The summed E-state index contributed by atoms with van der Waals surface area (Å²) in [6.07, 6.45) is -1.31. The molecule has 0 fully saturated rings. The number of carbonyl (C=O) groups is 1. The zero-order valence-corrected chi connectivity index (χ0v) is 17.8. The minimum Gasteiger partial charge on any atom is -0.339 e. The normalized spacial score (nSPS) is 11.8. The van der Waals surface area contributed by atoms with Crippen LogP contribution < -0.4 is 16.0 Å². The van der Waals surface area contributed by atoms with Gasteiger partial charge in [-0.15, -0.1) is 0 Å². The lowest BCUT2D eigenvalue weighted by atomic mass is 10.2. The number of nitro benzene ring substituents is 2. The first-order chi connectivity index (χ1) is 14.0. The van der Waals surface area contributed by atoms with Crippen LogP contribution in [0.2, 0.25) is 0 Å². The van der Waals surface area contributed by atoms with Crippen molar-refractivity contribution in [2.24, 2.45) is 0 Å². The smallest absolute Gasteiger partial charge is 0.270 e. The third kappa shape index (κ3) is 6.66. The van der Waals surface area contributed by atoms with E-state index in [0.717, 1.165) is 6.07 Å². The summed E-state index contributed by atoms with van der Waals surface area (Å²) in [6, 6.07) is 10.3. The van der Waals surface area contributed by atoms with E-state index in [1.165, 1.54) is 42.5 Å². The molecule has 1 unspecified atom stereocenters. The SMILES string of the molecule is O=C(NC(NC(=S)Nc1ccc([N+](=O)[O-])cc1)C(Cl)(Cl)Cl)c1cccc([N+](=O)[O-])c1. The summed E-state index contributed by atoms with van der Waals surface area (Å²) in [7, 11) is 0. The molecule has 0 bridgehead atoms. The molecular weight excluding hydrogens is 481 g/mol. The van der Waals surface area contributed by atoms with Gasteiger partial charge in [0.25, 0.3) is 17.3 Å². The number of thiocarbonyl (C=S) groups is 1. The molecule has 0 aliphatic carbocycles. The van der Waals surface area contributed by atoms with Crippen molar-refractivity contribution < 1.29 is 14.6 Å². The van der Waals surface area contributed by atoms with Gasteiger partial charge in [-0.05, 0) is 30.4 Å². The Morgan fingerprint density at radius 3 is 2.10 bits per heavy atom. The second-order valence-electron chi connectivity index (χ2n) is 5.66. The van der Waals surface area contributed by atoms with Gasteiger partial charge in [-0.3, -0.25) is 25.0 Å². The van der Waals surface area contributed by atoms with E-state index in [1.807, 2.05) is 0 Å². The van der Waals surface area contributed by atoms with Crippen molar-refractivity contribution >= 4 is 75.1 Å². The van der Waals surface area contributed by atoms with Crippen molar-refractivity contribution in [3.8, 4) is 0 Å². The van der Waals surface area contributed by atoms with E-state index in [4.69, 9.17) is 47.0 Å². The summed E-state index contributed by atoms with van der Waals surface area (Å²) in [5.74, 6) is -0.749. The second-order valence-corrected chi connectivity index (χ2v) is 8.44. The number of hydrogen-bond donors (Lipinski definition) is 3. The molecule has 0 aromatic heterocycles. The highest BCUT2D eigenvalue weighted by atomic mass is 35.6. The van der Waals surface area contributed by atoms with E-state index < -0.39 is 25.7 Å². The van der Waals surface area contributed by atoms with Gasteiger partial charge in [0.05, 0.1) is 9.85 Å². The number of anilines is 1. The first-order valence-corrected chi connectivity index (χ1v) is 9.45. The maximum absolute atomic E-state index is 12.4. The van der Waals surface area contributed by atoms with Gasteiger partial charge in [-0.2, -0.15) is 0 Å². The van der Waals surface area contributed by atoms with Crippen molar-refractivity contribution in [2.75, 3.05) is 5.32 Å². The number of hydrogen-bond acceptors (Lipinski definition) is 6. The maximum atomic E-state index is 12.4. The average Bonchev–Trinajstić information content (AvgIpc) is 2.67. The Morgan fingerprint density at radius 2 is 1.57 bits per heavy atom. The summed E-state index contributed by atoms with van der Waals surface area (Å²) >= 11 is 22.8. The standard InChI is InChI=1S/C16H12Cl3N5O5S/c17-16(18,19)14(21-13(25)9-2-1-3-12(8-9)24(28)29)22-15(30)20-10-4-6-11(7-5-10)23(26)27/h1-8,14H,(H,21,25)(H2,20,22,30). The molecule has 0 radical (unpaired) electrons. The fourth-order valence-corrected chi connectivity index (χ4v) is 2.70. The Kier molecular flexibility index (Phi) is 7.73. The van der Waals surface area contributed by atoms with Crippen LogP contribution in [-0.2, 0) is 0 Å². The lowest BCUT2D eigenvalue weighted by molar-refractivity contribution is -0.385. The van der Waals surface area contributed by atoms with Crippen LogP contribution in [-0.4, -0.2) is 30.8 Å². The first kappa shape index (κ1) is 23.5. The zero-order valence-electron chi connectivity index (χ0n) is 14.7. The Balaban J connectivity index is 2.09. The van der Waals surface area contributed by atoms with Crippen molar-refractivity contribution in [2.45, 2.75) is 9.96 Å². The topological polar surface area (TPSA) is 139 Å². The molecule has 10 nitrogen and oxygen atoms in total. The minimum atomic E-state index is -2.04. The van der Waals surface area contributed by atoms with Crippen LogP contribution in [0.1, 0.15) is 10.4 Å². The quantitative estimate of drug-likeness (QED) is 0.181. The van der Waals surface area contributed by atoms with Crippen molar-refractivity contribution in [1.29, 1.82) is 0 Å². The molecule has 158 valence electrons. The van der Waals surface area contributed by atoms with Gasteiger partial charge < -0.3 is 16.0 Å². The molecule has 0 aliphatic heterocycles. The summed E-state index contributed by atoms with van der Waals surface area (Å²) in [5.41, 5.74) is -0.00936. The van der Waals surface area contributed by atoms with Gasteiger partial charge in [0.1, 0.15) is 6.17 Å². The minimum absolute atomic E-state index is 0.0282. The predicted octanol–water partition coefficient (Wildman–Crippen LogP) is 3.92. The number of rotatable bonds is 6. The molecule has 1 amide bonds. The molecule has 0 heterocycles. The van der Waals surface area contributed by atoms with Gasteiger partial charge in [-0.25, -0.2) is 0 Å². The maximum Gasteiger partial charge on any atom is 0.270 e. The van der Waals surface area contributed by atoms with E-state index in [0.29, 0.717) is 5.69 Å². The molecule has 2 rings (SSSR count). The Labute approximate surface area is 189 Å². The van der Waals surface area contributed by atoms with Crippen molar-refractivity contribution in [3.63, 3.8) is 0 Å². The van der Waals surface area contributed by atoms with E-state index >= 15 is 0 Å². The van der Waals surface area contributed by atoms with Gasteiger partial charge in [-0.1, -0.05) is 40.9 Å². The Morgan fingerprint density at radius 1 is 0.967 bits per heavy atom. The van der Waals surface area contributed by atoms with Crippen LogP contribution in [0.5, 0.6) is 0 Å². The summed E-state index contributed by atoms with van der Waals surface area (Å²) in [6.45, 7) is 0. The van der Waals surface area contributed by atoms with Gasteiger partial charge >= 0.3 is 0 Å². The molecule has 30 heavy (non-hydrogen) atoms. The van der Waals surface area contributed by atoms with Crippen LogP contribution >= 0.6 is 47.0 Å². The number of nitrogens with zero attached hydrogens (tertiary/aromatic N) is 2. The van der Waals surface area contributed by atoms with Crippen LogP contribution in [0.4, 0.5) is 17.1 Å². The number of nitro groups is 2. The van der Waals surface area contributed by atoms with Gasteiger partial charge in [0.15, 0.2) is 5.11 Å². The second kappa shape index (κ2) is 9.85. The van der Waals surface area contributed by atoms with Crippen LogP contribution in [0, 0.1) is 20.2 Å². The van der Waals surface area contributed by atoms with Crippen LogP contribution in [0.25, 0.3) is 0 Å². The number of alkyl halides is 3. The number of non-ortho nitro benzene ring substituents is 2. The highest BCUT2D eigenvalue weighted by Crippen LogP contribution is 2.29.